The summed E-state index contributed by atoms with van der Waals surface area (Å²) in [6, 6.07) is 8.88. The molecule has 1 aliphatic heterocycles. The van der Waals surface area contributed by atoms with Gasteiger partial charge in [-0.15, -0.1) is 0 Å². The van der Waals surface area contributed by atoms with Gasteiger partial charge in [0.05, 0.1) is 16.9 Å². The number of hydrogen-bond donors (Lipinski definition) is 2. The number of rotatable bonds is 2. The van der Waals surface area contributed by atoms with Crippen LogP contribution in [0.25, 0.3) is 0 Å². The zero-order chi connectivity index (χ0) is 15.0. The van der Waals surface area contributed by atoms with Crippen LogP contribution in [0.4, 0.5) is 11.4 Å². The van der Waals surface area contributed by atoms with Gasteiger partial charge in [-0.1, -0.05) is 11.6 Å². The summed E-state index contributed by atoms with van der Waals surface area (Å²) in [6.45, 7) is 2.09. The van der Waals surface area contributed by atoms with E-state index in [1.807, 2.05) is 25.1 Å². The van der Waals surface area contributed by atoms with Crippen LogP contribution in [0, 0.1) is 6.92 Å². The third kappa shape index (κ3) is 2.67. The van der Waals surface area contributed by atoms with Crippen molar-refractivity contribution >= 4 is 33.2 Å². The summed E-state index contributed by atoms with van der Waals surface area (Å²) < 4.78 is 11.2. The van der Waals surface area contributed by atoms with Gasteiger partial charge >= 0.3 is 0 Å². The quantitative estimate of drug-likeness (QED) is 0.816. The van der Waals surface area contributed by atoms with Crippen LogP contribution in [0.1, 0.15) is 15.9 Å². The van der Waals surface area contributed by atoms with Crippen molar-refractivity contribution < 1.29 is 14.3 Å². The van der Waals surface area contributed by atoms with E-state index in [2.05, 4.69) is 21.2 Å². The molecule has 3 rings (SSSR count). The van der Waals surface area contributed by atoms with Gasteiger partial charge in [-0.3, -0.25) is 4.79 Å². The Morgan fingerprint density at radius 2 is 1.95 bits per heavy atom. The smallest absolute Gasteiger partial charge is 0.256 e. The third-order valence-electron chi connectivity index (χ3n) is 3.16. The number of amides is 1. The lowest BCUT2D eigenvalue weighted by Crippen LogP contribution is -2.14. The second kappa shape index (κ2) is 5.29. The second-order valence-electron chi connectivity index (χ2n) is 4.73. The van der Waals surface area contributed by atoms with E-state index in [4.69, 9.17) is 15.2 Å². The first-order valence-corrected chi connectivity index (χ1v) is 7.10. The summed E-state index contributed by atoms with van der Waals surface area (Å²) in [7, 11) is 0. The van der Waals surface area contributed by atoms with E-state index < -0.39 is 0 Å². The van der Waals surface area contributed by atoms with Gasteiger partial charge in [0, 0.05) is 16.6 Å². The highest BCUT2D eigenvalue weighted by Crippen LogP contribution is 2.38. The Balaban J connectivity index is 1.90. The first kappa shape index (κ1) is 13.8. The van der Waals surface area contributed by atoms with E-state index in [1.54, 1.807) is 12.1 Å². The van der Waals surface area contributed by atoms with Crippen molar-refractivity contribution in [2.75, 3.05) is 17.8 Å². The van der Waals surface area contributed by atoms with E-state index in [1.165, 1.54) is 0 Å². The number of carbonyl (C=O) groups excluding carboxylic acids is 1. The molecule has 0 saturated carbocycles. The Labute approximate surface area is 130 Å². The Hall–Kier alpha value is -2.21. The summed E-state index contributed by atoms with van der Waals surface area (Å²) in [5.74, 6) is 0.918. The van der Waals surface area contributed by atoms with Crippen LogP contribution >= 0.6 is 15.9 Å². The predicted octanol–water partition coefficient (Wildman–Crippen LogP) is 3.32. The summed E-state index contributed by atoms with van der Waals surface area (Å²) in [4.78, 5) is 12.4. The Morgan fingerprint density at radius 1 is 1.24 bits per heavy atom. The van der Waals surface area contributed by atoms with Crippen molar-refractivity contribution in [1.82, 2.24) is 0 Å². The lowest BCUT2D eigenvalue weighted by molar-refractivity contribution is 0.102. The largest absolute Gasteiger partial charge is 0.454 e. The fourth-order valence-corrected chi connectivity index (χ4v) is 2.50. The van der Waals surface area contributed by atoms with Crippen molar-refractivity contribution in [2.45, 2.75) is 6.92 Å². The molecule has 0 spiro atoms. The number of ether oxygens (including phenoxy) is 2. The summed E-state index contributed by atoms with van der Waals surface area (Å²) in [6.07, 6.45) is 0. The fraction of sp³-hybridized carbons (Fsp3) is 0.133. The van der Waals surface area contributed by atoms with Crippen LogP contribution in [-0.2, 0) is 0 Å². The third-order valence-corrected chi connectivity index (χ3v) is 3.85. The zero-order valence-electron chi connectivity index (χ0n) is 11.3. The van der Waals surface area contributed by atoms with Gasteiger partial charge in [0.1, 0.15) is 0 Å². The Bertz CT molecular complexity index is 731. The van der Waals surface area contributed by atoms with E-state index in [0.717, 1.165) is 10.0 Å². The molecule has 0 unspecified atom stereocenters. The normalized spacial score (nSPS) is 12.3. The van der Waals surface area contributed by atoms with Gasteiger partial charge in [0.25, 0.3) is 5.91 Å². The van der Waals surface area contributed by atoms with Gasteiger partial charge < -0.3 is 20.5 Å². The molecule has 0 fully saturated rings. The molecule has 1 amide bonds. The number of nitrogens with one attached hydrogen (secondary N) is 1. The van der Waals surface area contributed by atoms with Gasteiger partial charge in [-0.05, 0) is 35.0 Å². The molecule has 3 N–H and O–H groups in total. The van der Waals surface area contributed by atoms with Crippen LogP contribution in [0.15, 0.2) is 34.8 Å². The number of aryl methyl sites for hydroxylation is 1. The van der Waals surface area contributed by atoms with Gasteiger partial charge in [0.15, 0.2) is 11.5 Å². The van der Waals surface area contributed by atoms with Crippen molar-refractivity contribution in [1.29, 1.82) is 0 Å². The maximum atomic E-state index is 12.4. The number of halogens is 1. The van der Waals surface area contributed by atoms with Crippen molar-refractivity contribution in [3.8, 4) is 11.5 Å². The van der Waals surface area contributed by atoms with Gasteiger partial charge in [-0.25, -0.2) is 0 Å². The van der Waals surface area contributed by atoms with Crippen LogP contribution in [-0.4, -0.2) is 12.7 Å². The number of fused-ring (bicyclic) bond motifs is 1. The highest BCUT2D eigenvalue weighted by Gasteiger charge is 2.18. The number of benzene rings is 2. The minimum Gasteiger partial charge on any atom is -0.454 e. The highest BCUT2D eigenvalue weighted by molar-refractivity contribution is 9.10. The van der Waals surface area contributed by atoms with E-state index >= 15 is 0 Å². The molecule has 5 nitrogen and oxygen atoms in total. The molecule has 6 heteroatoms. The zero-order valence-corrected chi connectivity index (χ0v) is 12.9. The molecule has 2 aromatic rings. The first-order valence-electron chi connectivity index (χ1n) is 6.31. The van der Waals surface area contributed by atoms with E-state index in [9.17, 15) is 4.79 Å². The van der Waals surface area contributed by atoms with E-state index in [-0.39, 0.29) is 12.7 Å². The molecule has 1 heterocycles. The average Bonchev–Trinajstić information content (AvgIpc) is 2.88. The van der Waals surface area contributed by atoms with E-state index in [0.29, 0.717) is 28.4 Å². The molecule has 0 aliphatic carbocycles. The van der Waals surface area contributed by atoms with Gasteiger partial charge in [0.2, 0.25) is 6.79 Å². The molecule has 0 atom stereocenters. The minimum atomic E-state index is -0.240. The second-order valence-corrected chi connectivity index (χ2v) is 5.58. The fourth-order valence-electron chi connectivity index (χ4n) is 2.07. The first-order chi connectivity index (χ1) is 10.0. The standard InChI is InChI=1S/C15H13BrN2O3/c1-8-2-3-10(16)9(4-8)15(19)18-12-6-14-13(5-11(12)17)20-7-21-14/h2-6H,7,17H2,1H3,(H,18,19). The number of nitrogen functional groups attached to an aromatic ring is 1. The summed E-state index contributed by atoms with van der Waals surface area (Å²) in [5.41, 5.74) is 8.40. The molecule has 1 aliphatic rings. The highest BCUT2D eigenvalue weighted by atomic mass is 79.9. The summed E-state index contributed by atoms with van der Waals surface area (Å²) in [5, 5.41) is 2.79. The molecular weight excluding hydrogens is 336 g/mol. The van der Waals surface area contributed by atoms with Crippen LogP contribution < -0.4 is 20.5 Å². The van der Waals surface area contributed by atoms with Crippen LogP contribution in [0.2, 0.25) is 0 Å². The Morgan fingerprint density at radius 3 is 2.71 bits per heavy atom. The monoisotopic (exact) mass is 348 g/mol. The van der Waals surface area contributed by atoms with Crippen LogP contribution in [0.3, 0.4) is 0 Å². The topological polar surface area (TPSA) is 73.6 Å². The molecule has 0 saturated heterocycles. The van der Waals surface area contributed by atoms with Crippen molar-refractivity contribution in [3.05, 3.63) is 45.9 Å². The molecule has 108 valence electrons. The molecule has 21 heavy (non-hydrogen) atoms. The van der Waals surface area contributed by atoms with Crippen LogP contribution in [0.5, 0.6) is 11.5 Å². The minimum absolute atomic E-state index is 0.162. The lowest BCUT2D eigenvalue weighted by Gasteiger charge is -2.11. The number of carbonyl (C=O) groups is 1. The maximum Gasteiger partial charge on any atom is 0.256 e. The number of anilines is 2. The molecule has 0 bridgehead atoms. The predicted molar refractivity (Wildman–Crippen MR) is 83.8 cm³/mol. The van der Waals surface area contributed by atoms with Crippen molar-refractivity contribution in [2.24, 2.45) is 0 Å². The average molecular weight is 349 g/mol. The number of hydrogen-bond acceptors (Lipinski definition) is 4. The molecular formula is C15H13BrN2O3. The lowest BCUT2D eigenvalue weighted by atomic mass is 10.1. The summed E-state index contributed by atoms with van der Waals surface area (Å²) >= 11 is 3.38. The molecule has 2 aromatic carbocycles. The maximum absolute atomic E-state index is 12.4. The molecule has 0 aromatic heterocycles. The number of nitrogens with two attached hydrogens (primary N) is 1. The SMILES string of the molecule is Cc1ccc(Br)c(C(=O)Nc2cc3c(cc2N)OCO3)c1. The molecule has 0 radical (unpaired) electrons. The van der Waals surface area contributed by atoms with Crippen molar-refractivity contribution in [3.63, 3.8) is 0 Å². The Kier molecular flexibility index (Phi) is 3.47. The van der Waals surface area contributed by atoms with Gasteiger partial charge in [-0.2, -0.15) is 0 Å².